The van der Waals surface area contributed by atoms with E-state index in [1.165, 1.54) is 6.33 Å². The summed E-state index contributed by atoms with van der Waals surface area (Å²) in [6.45, 7) is 2.22. The number of hydrogen-bond donors (Lipinski definition) is 1. The van der Waals surface area contributed by atoms with Gasteiger partial charge in [0.05, 0.1) is 6.54 Å². The van der Waals surface area contributed by atoms with Gasteiger partial charge < -0.3 is 5.32 Å². The molecule has 2 aromatic rings. The summed E-state index contributed by atoms with van der Waals surface area (Å²) in [5, 5.41) is 2.82. The molecule has 1 saturated heterocycles. The molecule has 0 bridgehead atoms. The first-order valence-corrected chi connectivity index (χ1v) is 9.77. The summed E-state index contributed by atoms with van der Waals surface area (Å²) >= 11 is 0. The predicted octanol–water partition coefficient (Wildman–Crippen LogP) is 2.80. The predicted molar refractivity (Wildman–Crippen MR) is 94.4 cm³/mol. The SMILES string of the molecule is Cc1cc(C(=O)Nc2cccc(CN=S3(=O)CCCC3)c2)ncn1. The van der Waals surface area contributed by atoms with Crippen LogP contribution in [-0.2, 0) is 16.3 Å². The average Bonchev–Trinajstić information content (AvgIpc) is 3.00. The van der Waals surface area contributed by atoms with Crippen molar-refractivity contribution in [3.05, 3.63) is 53.6 Å². The molecular formula is C17H20N4O2S. The maximum atomic E-state index is 12.4. The molecule has 24 heavy (non-hydrogen) atoms. The number of amides is 1. The lowest BCUT2D eigenvalue weighted by atomic mass is 10.2. The summed E-state index contributed by atoms with van der Waals surface area (Å²) < 4.78 is 16.8. The normalized spacial score (nSPS) is 15.9. The molecule has 1 fully saturated rings. The quantitative estimate of drug-likeness (QED) is 0.924. The van der Waals surface area contributed by atoms with E-state index in [9.17, 15) is 9.00 Å². The molecule has 7 heteroatoms. The molecule has 0 aliphatic carbocycles. The molecule has 1 aromatic heterocycles. The number of rotatable bonds is 4. The van der Waals surface area contributed by atoms with Gasteiger partial charge in [0.25, 0.3) is 5.91 Å². The lowest BCUT2D eigenvalue weighted by Crippen LogP contribution is -2.14. The largest absolute Gasteiger partial charge is 0.321 e. The van der Waals surface area contributed by atoms with Crippen LogP contribution in [0.15, 0.2) is 41.0 Å². The van der Waals surface area contributed by atoms with E-state index in [-0.39, 0.29) is 5.91 Å². The zero-order chi connectivity index (χ0) is 17.0. The number of carbonyl (C=O) groups is 1. The third-order valence-electron chi connectivity index (χ3n) is 3.88. The molecule has 0 radical (unpaired) electrons. The van der Waals surface area contributed by atoms with Crippen molar-refractivity contribution in [2.24, 2.45) is 4.36 Å². The molecule has 1 aliphatic heterocycles. The van der Waals surface area contributed by atoms with Crippen LogP contribution in [0.3, 0.4) is 0 Å². The van der Waals surface area contributed by atoms with Gasteiger partial charge in [0.15, 0.2) is 0 Å². The number of hydrogen-bond acceptors (Lipinski definition) is 5. The molecule has 1 N–H and O–H groups in total. The Kier molecular flexibility index (Phi) is 4.89. The summed E-state index contributed by atoms with van der Waals surface area (Å²) in [6, 6.07) is 9.08. The topological polar surface area (TPSA) is 84.3 Å². The van der Waals surface area contributed by atoms with E-state index < -0.39 is 9.73 Å². The maximum absolute atomic E-state index is 12.4. The van der Waals surface area contributed by atoms with Gasteiger partial charge >= 0.3 is 0 Å². The molecule has 0 spiro atoms. The van der Waals surface area contributed by atoms with Gasteiger partial charge in [-0.05, 0) is 43.5 Å². The second kappa shape index (κ2) is 7.09. The van der Waals surface area contributed by atoms with Crippen LogP contribution < -0.4 is 5.32 Å². The zero-order valence-corrected chi connectivity index (χ0v) is 14.4. The molecule has 0 atom stereocenters. The van der Waals surface area contributed by atoms with Gasteiger partial charge in [-0.1, -0.05) is 12.1 Å². The summed E-state index contributed by atoms with van der Waals surface area (Å²) in [5.74, 6) is 1.13. The highest BCUT2D eigenvalue weighted by molar-refractivity contribution is 7.93. The molecular weight excluding hydrogens is 324 g/mol. The van der Waals surface area contributed by atoms with E-state index in [0.717, 1.165) is 24.1 Å². The van der Waals surface area contributed by atoms with Crippen molar-refractivity contribution in [1.29, 1.82) is 0 Å². The zero-order valence-electron chi connectivity index (χ0n) is 13.6. The minimum atomic E-state index is -2.01. The highest BCUT2D eigenvalue weighted by Gasteiger charge is 2.15. The van der Waals surface area contributed by atoms with Gasteiger partial charge in [-0.25, -0.2) is 18.5 Å². The van der Waals surface area contributed by atoms with Gasteiger partial charge in [0, 0.05) is 32.6 Å². The number of nitrogens with one attached hydrogen (secondary N) is 1. The molecule has 0 unspecified atom stereocenters. The Morgan fingerprint density at radius 1 is 1.25 bits per heavy atom. The number of carbonyl (C=O) groups excluding carboxylic acids is 1. The van der Waals surface area contributed by atoms with Crippen LogP contribution in [-0.4, -0.2) is 31.6 Å². The van der Waals surface area contributed by atoms with Crippen molar-refractivity contribution >= 4 is 21.3 Å². The van der Waals surface area contributed by atoms with Crippen molar-refractivity contribution in [3.63, 3.8) is 0 Å². The van der Waals surface area contributed by atoms with Crippen LogP contribution in [0.4, 0.5) is 5.69 Å². The van der Waals surface area contributed by atoms with Crippen molar-refractivity contribution in [2.75, 3.05) is 16.8 Å². The molecule has 2 heterocycles. The third-order valence-corrected chi connectivity index (χ3v) is 6.33. The van der Waals surface area contributed by atoms with E-state index in [1.807, 2.05) is 31.2 Å². The number of benzene rings is 1. The highest BCUT2D eigenvalue weighted by Crippen LogP contribution is 2.17. The molecule has 6 nitrogen and oxygen atoms in total. The van der Waals surface area contributed by atoms with E-state index in [1.54, 1.807) is 6.07 Å². The molecule has 0 saturated carbocycles. The molecule has 1 amide bonds. The summed E-state index contributed by atoms with van der Waals surface area (Å²) in [5.41, 5.74) is 2.67. The van der Waals surface area contributed by atoms with Crippen molar-refractivity contribution in [1.82, 2.24) is 9.97 Å². The Morgan fingerprint density at radius 3 is 2.79 bits per heavy atom. The Bertz CT molecular complexity index is 860. The first-order valence-electron chi connectivity index (χ1n) is 7.91. The maximum Gasteiger partial charge on any atom is 0.274 e. The molecule has 1 aromatic carbocycles. The van der Waals surface area contributed by atoms with Crippen LogP contribution in [0.2, 0.25) is 0 Å². The van der Waals surface area contributed by atoms with Gasteiger partial charge in [-0.3, -0.25) is 4.79 Å². The van der Waals surface area contributed by atoms with Crippen LogP contribution in [0.1, 0.15) is 34.6 Å². The fourth-order valence-electron chi connectivity index (χ4n) is 2.60. The average molecular weight is 344 g/mol. The number of nitrogens with zero attached hydrogens (tertiary/aromatic N) is 3. The number of anilines is 1. The second-order valence-corrected chi connectivity index (χ2v) is 8.49. The van der Waals surface area contributed by atoms with Gasteiger partial charge in [-0.15, -0.1) is 0 Å². The molecule has 126 valence electrons. The summed E-state index contributed by atoms with van der Waals surface area (Å²) in [6.07, 6.45) is 3.37. The summed E-state index contributed by atoms with van der Waals surface area (Å²) in [4.78, 5) is 20.2. The standard InChI is InChI=1S/C17H20N4O2S/c1-13-9-16(19-12-18-13)17(22)21-15-6-4-5-14(10-15)11-20-24(23)7-2-3-8-24/h4-6,9-10,12H,2-3,7-8,11H2,1H3,(H,21,22). The van der Waals surface area contributed by atoms with Crippen LogP contribution in [0.25, 0.3) is 0 Å². The monoisotopic (exact) mass is 344 g/mol. The van der Waals surface area contributed by atoms with Gasteiger partial charge in [0.1, 0.15) is 12.0 Å². The van der Waals surface area contributed by atoms with Crippen LogP contribution in [0, 0.1) is 6.92 Å². The fourth-order valence-corrected chi connectivity index (χ4v) is 4.76. The smallest absolute Gasteiger partial charge is 0.274 e. The second-order valence-electron chi connectivity index (χ2n) is 5.87. The third kappa shape index (κ3) is 4.17. The van der Waals surface area contributed by atoms with E-state index >= 15 is 0 Å². The van der Waals surface area contributed by atoms with Crippen molar-refractivity contribution < 1.29 is 9.00 Å². The van der Waals surface area contributed by atoms with E-state index in [0.29, 0.717) is 29.4 Å². The number of aromatic nitrogens is 2. The summed E-state index contributed by atoms with van der Waals surface area (Å²) in [7, 11) is -2.01. The van der Waals surface area contributed by atoms with Crippen LogP contribution in [0.5, 0.6) is 0 Å². The first-order chi connectivity index (χ1) is 11.5. The van der Waals surface area contributed by atoms with Crippen molar-refractivity contribution in [3.8, 4) is 0 Å². The molecule has 3 rings (SSSR count). The van der Waals surface area contributed by atoms with Crippen molar-refractivity contribution in [2.45, 2.75) is 26.3 Å². The lowest BCUT2D eigenvalue weighted by Gasteiger charge is -2.07. The minimum Gasteiger partial charge on any atom is -0.321 e. The Morgan fingerprint density at radius 2 is 2.04 bits per heavy atom. The van der Waals surface area contributed by atoms with Gasteiger partial charge in [-0.2, -0.15) is 0 Å². The fraction of sp³-hybridized carbons (Fsp3) is 0.353. The van der Waals surface area contributed by atoms with Crippen LogP contribution >= 0.6 is 0 Å². The highest BCUT2D eigenvalue weighted by atomic mass is 32.2. The van der Waals surface area contributed by atoms with Gasteiger partial charge in [0.2, 0.25) is 0 Å². The Labute approximate surface area is 141 Å². The molecule has 1 aliphatic rings. The number of aryl methyl sites for hydroxylation is 1. The lowest BCUT2D eigenvalue weighted by molar-refractivity contribution is 0.102. The Hall–Kier alpha value is -2.28. The van der Waals surface area contributed by atoms with E-state index in [2.05, 4.69) is 19.6 Å². The minimum absolute atomic E-state index is 0.281. The first kappa shape index (κ1) is 16.6. The Balaban J connectivity index is 1.71. The van der Waals surface area contributed by atoms with E-state index in [4.69, 9.17) is 0 Å².